The number of nitrogens with one attached hydrogen (secondary N) is 2. The Morgan fingerprint density at radius 2 is 1.96 bits per heavy atom. The number of carbonyl (C=O) groups excluding carboxylic acids is 1. The van der Waals surface area contributed by atoms with E-state index in [0.717, 1.165) is 16.7 Å². The van der Waals surface area contributed by atoms with Gasteiger partial charge in [0.2, 0.25) is 5.91 Å². The molecular formula is C19H23N5O2. The minimum Gasteiger partial charge on any atom is -0.308 e. The van der Waals surface area contributed by atoms with E-state index < -0.39 is 0 Å². The van der Waals surface area contributed by atoms with E-state index >= 15 is 0 Å². The van der Waals surface area contributed by atoms with Crippen LogP contribution >= 0.6 is 0 Å². The molecule has 26 heavy (non-hydrogen) atoms. The molecule has 2 N–H and O–H groups in total. The third-order valence-corrected chi connectivity index (χ3v) is 5.26. The van der Waals surface area contributed by atoms with E-state index in [-0.39, 0.29) is 18.1 Å². The number of anilines is 1. The summed E-state index contributed by atoms with van der Waals surface area (Å²) in [5, 5.41) is 10.1. The van der Waals surface area contributed by atoms with Gasteiger partial charge in [-0.15, -0.1) is 0 Å². The van der Waals surface area contributed by atoms with Gasteiger partial charge in [0.05, 0.1) is 11.0 Å². The minimum absolute atomic E-state index is 0.0359. The molecule has 2 heterocycles. The van der Waals surface area contributed by atoms with Gasteiger partial charge in [0.15, 0.2) is 5.82 Å². The Morgan fingerprint density at radius 3 is 2.73 bits per heavy atom. The van der Waals surface area contributed by atoms with Gasteiger partial charge in [-0.1, -0.05) is 31.4 Å². The number of hydrogen-bond acceptors (Lipinski definition) is 3. The topological polar surface area (TPSA) is 84.7 Å². The number of carbonyl (C=O) groups is 1. The molecule has 0 unspecified atom stereocenters. The van der Waals surface area contributed by atoms with Gasteiger partial charge in [-0.05, 0) is 25.0 Å². The van der Waals surface area contributed by atoms with Crippen molar-refractivity contribution in [3.05, 3.63) is 46.5 Å². The normalized spacial score (nSPS) is 15.4. The van der Waals surface area contributed by atoms with Gasteiger partial charge in [0.1, 0.15) is 6.54 Å². The molecule has 136 valence electrons. The van der Waals surface area contributed by atoms with Gasteiger partial charge >= 0.3 is 5.69 Å². The molecule has 0 atom stereocenters. The summed E-state index contributed by atoms with van der Waals surface area (Å²) in [6.45, 7) is -0.0359. The molecule has 0 radical (unpaired) electrons. The van der Waals surface area contributed by atoms with Crippen LogP contribution in [0.25, 0.3) is 11.0 Å². The smallest absolute Gasteiger partial charge is 0.308 e. The van der Waals surface area contributed by atoms with E-state index in [9.17, 15) is 9.59 Å². The fraction of sp³-hybridized carbons (Fsp3) is 0.421. The van der Waals surface area contributed by atoms with E-state index in [4.69, 9.17) is 0 Å². The first kappa shape index (κ1) is 16.6. The van der Waals surface area contributed by atoms with Crippen LogP contribution in [0.15, 0.2) is 35.1 Å². The van der Waals surface area contributed by atoms with Crippen molar-refractivity contribution in [2.75, 3.05) is 5.32 Å². The van der Waals surface area contributed by atoms with Gasteiger partial charge in [-0.2, -0.15) is 5.10 Å². The number of amides is 1. The van der Waals surface area contributed by atoms with Crippen molar-refractivity contribution in [2.45, 2.75) is 44.6 Å². The highest BCUT2D eigenvalue weighted by atomic mass is 16.2. The van der Waals surface area contributed by atoms with E-state index in [0.29, 0.717) is 11.7 Å². The van der Waals surface area contributed by atoms with E-state index in [1.807, 2.05) is 30.3 Å². The molecule has 3 aromatic rings. The highest BCUT2D eigenvalue weighted by Gasteiger charge is 2.19. The zero-order valence-corrected chi connectivity index (χ0v) is 14.9. The largest absolute Gasteiger partial charge is 0.329 e. The van der Waals surface area contributed by atoms with Crippen LogP contribution in [0.5, 0.6) is 0 Å². The molecule has 1 aromatic carbocycles. The van der Waals surface area contributed by atoms with Crippen LogP contribution in [0, 0.1) is 0 Å². The standard InChI is InChI=1S/C19H23N5O2/c1-23-15-9-5-6-10-16(15)24(19(23)26)12-18(25)20-17-11-14(21-22-17)13-7-3-2-4-8-13/h5-6,9-11,13H,2-4,7-8,12H2,1H3,(H2,20,21,22,25). The van der Waals surface area contributed by atoms with Crippen LogP contribution in [-0.2, 0) is 18.4 Å². The average molecular weight is 353 g/mol. The quantitative estimate of drug-likeness (QED) is 0.756. The number of rotatable bonds is 4. The van der Waals surface area contributed by atoms with Gasteiger partial charge in [-0.25, -0.2) is 4.79 Å². The lowest BCUT2D eigenvalue weighted by molar-refractivity contribution is -0.116. The van der Waals surface area contributed by atoms with Crippen LogP contribution in [0.1, 0.15) is 43.7 Å². The second-order valence-electron chi connectivity index (χ2n) is 7.01. The fourth-order valence-electron chi connectivity index (χ4n) is 3.87. The third kappa shape index (κ3) is 3.05. The number of para-hydroxylation sites is 2. The molecule has 1 saturated carbocycles. The number of benzene rings is 1. The predicted octanol–water partition coefficient (Wildman–Crippen LogP) is 2.75. The number of aryl methyl sites for hydroxylation is 1. The minimum atomic E-state index is -0.259. The lowest BCUT2D eigenvalue weighted by Gasteiger charge is -2.19. The fourth-order valence-corrected chi connectivity index (χ4v) is 3.87. The van der Waals surface area contributed by atoms with E-state index in [1.165, 1.54) is 36.7 Å². The van der Waals surface area contributed by atoms with E-state index in [1.54, 1.807) is 11.6 Å². The van der Waals surface area contributed by atoms with Gasteiger partial charge in [-0.3, -0.25) is 19.0 Å². The molecule has 4 rings (SSSR count). The molecule has 1 amide bonds. The SMILES string of the molecule is Cn1c(=O)n(CC(=O)Nc2cc(C3CCCCC3)[nH]n2)c2ccccc21. The van der Waals surface area contributed by atoms with Crippen molar-refractivity contribution < 1.29 is 4.79 Å². The van der Waals surface area contributed by atoms with E-state index in [2.05, 4.69) is 15.5 Å². The summed E-state index contributed by atoms with van der Waals surface area (Å²) in [4.78, 5) is 24.8. The molecular weight excluding hydrogens is 330 g/mol. The molecule has 2 aromatic heterocycles. The van der Waals surface area contributed by atoms with Gasteiger partial charge < -0.3 is 5.32 Å². The number of nitrogens with zero attached hydrogens (tertiary/aromatic N) is 3. The molecule has 0 bridgehead atoms. The number of fused-ring (bicyclic) bond motifs is 1. The molecule has 0 aliphatic heterocycles. The number of aromatic amines is 1. The third-order valence-electron chi connectivity index (χ3n) is 5.26. The average Bonchev–Trinajstić information content (AvgIpc) is 3.22. The van der Waals surface area contributed by atoms with Crippen LogP contribution in [0.4, 0.5) is 5.82 Å². The van der Waals surface area contributed by atoms with Crippen molar-refractivity contribution in [3.8, 4) is 0 Å². The lowest BCUT2D eigenvalue weighted by Crippen LogP contribution is -2.28. The Kier molecular flexibility index (Phi) is 4.36. The molecule has 0 saturated heterocycles. The van der Waals surface area contributed by atoms with Crippen molar-refractivity contribution in [1.82, 2.24) is 19.3 Å². The first-order valence-corrected chi connectivity index (χ1v) is 9.13. The molecule has 7 heteroatoms. The molecule has 0 spiro atoms. The van der Waals surface area contributed by atoms with Gasteiger partial charge in [0.25, 0.3) is 0 Å². The first-order valence-electron chi connectivity index (χ1n) is 9.13. The van der Waals surface area contributed by atoms with Crippen LogP contribution in [-0.4, -0.2) is 25.2 Å². The lowest BCUT2D eigenvalue weighted by atomic mass is 9.87. The maximum absolute atomic E-state index is 12.4. The summed E-state index contributed by atoms with van der Waals surface area (Å²) < 4.78 is 3.04. The molecule has 1 aliphatic rings. The molecule has 1 fully saturated rings. The summed E-state index contributed by atoms with van der Waals surface area (Å²) in [6, 6.07) is 9.37. The highest BCUT2D eigenvalue weighted by Crippen LogP contribution is 2.32. The van der Waals surface area contributed by atoms with Crippen LogP contribution in [0.2, 0.25) is 0 Å². The van der Waals surface area contributed by atoms with Crippen molar-refractivity contribution >= 4 is 22.8 Å². The molecule has 7 nitrogen and oxygen atoms in total. The van der Waals surface area contributed by atoms with Crippen molar-refractivity contribution in [2.24, 2.45) is 7.05 Å². The molecule has 1 aliphatic carbocycles. The number of H-pyrrole nitrogens is 1. The zero-order valence-electron chi connectivity index (χ0n) is 14.9. The Labute approximate surface area is 151 Å². The summed E-state index contributed by atoms with van der Waals surface area (Å²) >= 11 is 0. The summed E-state index contributed by atoms with van der Waals surface area (Å²) in [6.07, 6.45) is 6.13. The van der Waals surface area contributed by atoms with Gasteiger partial charge in [0, 0.05) is 24.7 Å². The summed E-state index contributed by atoms with van der Waals surface area (Å²) in [7, 11) is 1.71. The zero-order chi connectivity index (χ0) is 18.1. The monoisotopic (exact) mass is 353 g/mol. The Bertz CT molecular complexity index is 991. The predicted molar refractivity (Wildman–Crippen MR) is 100 cm³/mol. The Hall–Kier alpha value is -2.83. The van der Waals surface area contributed by atoms with Crippen molar-refractivity contribution in [1.29, 1.82) is 0 Å². The first-order chi connectivity index (χ1) is 12.6. The maximum atomic E-state index is 12.4. The second kappa shape index (κ2) is 6.82. The van der Waals surface area contributed by atoms with Crippen LogP contribution < -0.4 is 11.0 Å². The number of aromatic nitrogens is 4. The Morgan fingerprint density at radius 1 is 1.23 bits per heavy atom. The van der Waals surface area contributed by atoms with Crippen LogP contribution in [0.3, 0.4) is 0 Å². The second-order valence-corrected chi connectivity index (χ2v) is 7.01. The maximum Gasteiger partial charge on any atom is 0.329 e. The number of hydrogen-bond donors (Lipinski definition) is 2. The van der Waals surface area contributed by atoms with Crippen molar-refractivity contribution in [3.63, 3.8) is 0 Å². The summed E-state index contributed by atoms with van der Waals surface area (Å²) in [5.74, 6) is 0.761. The Balaban J connectivity index is 1.49. The summed E-state index contributed by atoms with van der Waals surface area (Å²) in [5.41, 5.74) is 2.44. The highest BCUT2D eigenvalue weighted by molar-refractivity contribution is 5.90. The number of imidazole rings is 1.